The summed E-state index contributed by atoms with van der Waals surface area (Å²) >= 11 is 0. The molecule has 2 aliphatic carbocycles. The molecule has 4 aliphatic rings. The van der Waals surface area contributed by atoms with Gasteiger partial charge >= 0.3 is 12.2 Å². The summed E-state index contributed by atoms with van der Waals surface area (Å²) in [4.78, 5) is 57.7. The van der Waals surface area contributed by atoms with Crippen molar-refractivity contribution < 1.29 is 24.2 Å². The van der Waals surface area contributed by atoms with Crippen LogP contribution in [0.3, 0.4) is 0 Å². The largest absolute Gasteiger partial charge is 0.465 e. The molecule has 4 unspecified atom stereocenters. The normalized spacial score (nSPS) is 25.5. The number of hydrogen-bond donors (Lipinski definition) is 4. The quantitative estimate of drug-likeness (QED) is 0.151. The minimum absolute atomic E-state index is 0.0921. The third-order valence-electron chi connectivity index (χ3n) is 11.3. The number of imidazole rings is 2. The van der Waals surface area contributed by atoms with E-state index in [1.807, 2.05) is 31.0 Å². The molecule has 12 nitrogen and oxygen atoms in total. The van der Waals surface area contributed by atoms with Gasteiger partial charge in [-0.1, -0.05) is 44.2 Å². The third kappa shape index (κ3) is 5.07. The van der Waals surface area contributed by atoms with Crippen molar-refractivity contribution in [3.05, 3.63) is 72.4 Å². The number of rotatable bonds is 7. The Balaban J connectivity index is 0.942. The first-order valence-corrected chi connectivity index (χ1v) is 17.4. The summed E-state index contributed by atoms with van der Waals surface area (Å²) in [6, 6.07) is 18.1. The lowest BCUT2D eigenvalue weighted by molar-refractivity contribution is -0.136. The minimum atomic E-state index is -0.872. The van der Waals surface area contributed by atoms with E-state index in [4.69, 9.17) is 14.7 Å². The molecule has 2 saturated heterocycles. The lowest BCUT2D eigenvalue weighted by atomic mass is 9.99. The molecule has 9 rings (SSSR count). The number of carbonyl (C=O) groups excluding carboxylic acids is 2. The van der Waals surface area contributed by atoms with Gasteiger partial charge in [-0.3, -0.25) is 9.69 Å². The van der Waals surface area contributed by atoms with Crippen LogP contribution in [-0.2, 0) is 9.53 Å². The number of fused-ring (bicyclic) bond motifs is 4. The van der Waals surface area contributed by atoms with Gasteiger partial charge in [0.05, 0.1) is 35.9 Å². The number of amides is 3. The second-order valence-corrected chi connectivity index (χ2v) is 14.7. The fourth-order valence-electron chi connectivity index (χ4n) is 8.46. The highest BCUT2D eigenvalue weighted by Gasteiger charge is 2.57. The van der Waals surface area contributed by atoms with Gasteiger partial charge in [0.1, 0.15) is 17.7 Å². The van der Waals surface area contributed by atoms with Crippen LogP contribution in [0.4, 0.5) is 9.59 Å². The van der Waals surface area contributed by atoms with Crippen LogP contribution in [0, 0.1) is 17.8 Å². The molecule has 2 aliphatic heterocycles. The monoisotopic (exact) mass is 673 g/mol. The van der Waals surface area contributed by atoms with E-state index in [0.717, 1.165) is 81.5 Å². The SMILES string of the molecule is COC(=O)NC(C(=O)N1[C@@H]2C[C@@H]2C[C@H]1c1nc(-c2ccc3cc(-c4ccc5nc(C6CC7CC7N6C(=O)O)[nH]c5c4)ccc3c2)c[nH]1)C(C)C. The van der Waals surface area contributed by atoms with Crippen molar-refractivity contribution in [3.63, 3.8) is 0 Å². The van der Waals surface area contributed by atoms with Crippen LogP contribution >= 0.6 is 0 Å². The Kier molecular flexibility index (Phi) is 6.94. The zero-order valence-corrected chi connectivity index (χ0v) is 28.1. The lowest BCUT2D eigenvalue weighted by Crippen LogP contribution is -2.52. The van der Waals surface area contributed by atoms with Gasteiger partial charge in [0.2, 0.25) is 5.91 Å². The predicted molar refractivity (Wildman–Crippen MR) is 186 cm³/mol. The number of ether oxygens (including phenoxy) is 1. The highest BCUT2D eigenvalue weighted by Crippen LogP contribution is 2.54. The van der Waals surface area contributed by atoms with Gasteiger partial charge < -0.3 is 30.0 Å². The van der Waals surface area contributed by atoms with Crippen LogP contribution in [-0.4, -0.2) is 78.2 Å². The van der Waals surface area contributed by atoms with Crippen LogP contribution in [0.2, 0.25) is 0 Å². The summed E-state index contributed by atoms with van der Waals surface area (Å²) in [5.74, 6) is 2.20. The first kappa shape index (κ1) is 30.7. The molecule has 12 heteroatoms. The number of hydrogen-bond acceptors (Lipinski definition) is 6. The summed E-state index contributed by atoms with van der Waals surface area (Å²) < 4.78 is 4.79. The Morgan fingerprint density at radius 2 is 1.48 bits per heavy atom. The molecule has 0 bridgehead atoms. The molecule has 4 N–H and O–H groups in total. The summed E-state index contributed by atoms with van der Waals surface area (Å²) in [6.45, 7) is 3.84. The molecule has 3 amide bonds. The molecule has 2 saturated carbocycles. The van der Waals surface area contributed by atoms with Gasteiger partial charge in [-0.25, -0.2) is 19.6 Å². The maximum atomic E-state index is 13.8. The molecule has 2 aromatic heterocycles. The molecule has 4 heterocycles. The van der Waals surface area contributed by atoms with E-state index in [-0.39, 0.29) is 36.0 Å². The van der Waals surface area contributed by atoms with Crippen molar-refractivity contribution in [1.29, 1.82) is 0 Å². The van der Waals surface area contributed by atoms with Crippen LogP contribution in [0.1, 0.15) is 63.3 Å². The van der Waals surface area contributed by atoms with Crippen molar-refractivity contribution in [2.45, 2.75) is 69.7 Å². The molecular formula is C38H39N7O5. The number of H-pyrrole nitrogens is 2. The Labute approximate surface area is 288 Å². The maximum absolute atomic E-state index is 13.8. The number of aromatic amines is 2. The predicted octanol–water partition coefficient (Wildman–Crippen LogP) is 6.63. The third-order valence-corrected chi connectivity index (χ3v) is 11.3. The van der Waals surface area contributed by atoms with Gasteiger partial charge in [-0.05, 0) is 89.6 Å². The second-order valence-electron chi connectivity index (χ2n) is 14.7. The number of methoxy groups -OCH3 is 1. The fraction of sp³-hybridized carbons (Fsp3) is 0.395. The standard InChI is InChI=1S/C38H39N7O5/c1-18(2)33(43-37(47)50-3)36(46)44-29-13-24(29)15-31(44)34-39-17-28(42-34)23-7-6-19-10-20(4-5-21(19)11-23)22-8-9-26-27(12-22)41-35(40-26)32-16-25-14-30(25)45(32)38(48)49/h4-12,17-18,24-25,29-33H,13-16H2,1-3H3,(H,39,42)(H,40,41)(H,43,47)(H,48,49)/t24-,25?,29-,30?,31+,32?,33?/m1/s1. The van der Waals surface area contributed by atoms with Crippen LogP contribution in [0.25, 0.3) is 44.2 Å². The molecule has 50 heavy (non-hydrogen) atoms. The molecule has 7 atom stereocenters. The number of aromatic nitrogens is 4. The Morgan fingerprint density at radius 3 is 2.18 bits per heavy atom. The van der Waals surface area contributed by atoms with Gasteiger partial charge in [-0.15, -0.1) is 0 Å². The highest BCUT2D eigenvalue weighted by molar-refractivity contribution is 5.92. The number of alkyl carbamates (subject to hydrolysis) is 1. The van der Waals surface area contributed by atoms with Crippen molar-refractivity contribution in [1.82, 2.24) is 35.1 Å². The Morgan fingerprint density at radius 1 is 0.840 bits per heavy atom. The molecule has 5 aromatic rings. The molecule has 256 valence electrons. The van der Waals surface area contributed by atoms with E-state index in [9.17, 15) is 19.5 Å². The summed E-state index contributed by atoms with van der Waals surface area (Å²) in [5.41, 5.74) is 5.65. The van der Waals surface area contributed by atoms with E-state index in [1.165, 1.54) is 7.11 Å². The van der Waals surface area contributed by atoms with E-state index in [1.54, 1.807) is 4.90 Å². The number of carboxylic acid groups (broad SMARTS) is 1. The van der Waals surface area contributed by atoms with E-state index in [2.05, 4.69) is 63.8 Å². The maximum Gasteiger partial charge on any atom is 0.408 e. The topological polar surface area (TPSA) is 157 Å². The Bertz CT molecular complexity index is 2190. The molecule has 4 fully saturated rings. The number of likely N-dealkylation sites (tertiary alicyclic amines) is 2. The first-order chi connectivity index (χ1) is 24.2. The molecule has 3 aromatic carbocycles. The van der Waals surface area contributed by atoms with Gasteiger partial charge in [0.25, 0.3) is 0 Å². The average molecular weight is 674 g/mol. The number of nitrogens with zero attached hydrogens (tertiary/aromatic N) is 4. The zero-order chi connectivity index (χ0) is 34.4. The van der Waals surface area contributed by atoms with Crippen molar-refractivity contribution in [2.75, 3.05) is 7.11 Å². The number of piperidine rings is 2. The van der Waals surface area contributed by atoms with Crippen LogP contribution in [0.15, 0.2) is 60.8 Å². The average Bonchev–Trinajstić information content (AvgIpc) is 3.73. The van der Waals surface area contributed by atoms with Gasteiger partial charge in [0.15, 0.2) is 0 Å². The lowest BCUT2D eigenvalue weighted by Gasteiger charge is -2.31. The number of nitrogens with one attached hydrogen (secondary N) is 3. The van der Waals surface area contributed by atoms with Crippen molar-refractivity contribution in [2.24, 2.45) is 17.8 Å². The van der Waals surface area contributed by atoms with Crippen molar-refractivity contribution in [3.8, 4) is 22.4 Å². The summed E-state index contributed by atoms with van der Waals surface area (Å²) in [7, 11) is 1.30. The first-order valence-electron chi connectivity index (χ1n) is 17.4. The Hall–Kier alpha value is -5.39. The number of carbonyl (C=O) groups is 3. The van der Waals surface area contributed by atoms with Gasteiger partial charge in [-0.2, -0.15) is 0 Å². The zero-order valence-electron chi connectivity index (χ0n) is 28.1. The molecular weight excluding hydrogens is 634 g/mol. The summed E-state index contributed by atoms with van der Waals surface area (Å²) in [6.07, 6.45) is 4.04. The highest BCUT2D eigenvalue weighted by atomic mass is 16.5. The van der Waals surface area contributed by atoms with E-state index in [0.29, 0.717) is 11.8 Å². The number of benzene rings is 3. The van der Waals surface area contributed by atoms with Crippen LogP contribution in [0.5, 0.6) is 0 Å². The molecule has 0 spiro atoms. The smallest absolute Gasteiger partial charge is 0.408 e. The fourth-order valence-corrected chi connectivity index (χ4v) is 8.46. The van der Waals surface area contributed by atoms with E-state index >= 15 is 0 Å². The molecule has 0 radical (unpaired) electrons. The van der Waals surface area contributed by atoms with Gasteiger partial charge in [0, 0.05) is 23.8 Å². The van der Waals surface area contributed by atoms with E-state index < -0.39 is 18.2 Å². The van der Waals surface area contributed by atoms with Crippen LogP contribution < -0.4 is 5.32 Å². The second kappa shape index (κ2) is 11.3. The minimum Gasteiger partial charge on any atom is -0.465 e. The van der Waals surface area contributed by atoms with Crippen molar-refractivity contribution >= 4 is 39.9 Å². The summed E-state index contributed by atoms with van der Waals surface area (Å²) in [5, 5.41) is 14.7.